The van der Waals surface area contributed by atoms with Crippen molar-refractivity contribution < 1.29 is 14.3 Å². The number of carboxylic acids is 1. The number of hydrogen-bond donors (Lipinski definition) is 1. The Bertz CT molecular complexity index is 1260. The molecule has 1 saturated heterocycles. The molecule has 0 spiro atoms. The number of fused-ring (bicyclic) bond motifs is 1. The van der Waals surface area contributed by atoms with E-state index < -0.39 is 17.2 Å². The van der Waals surface area contributed by atoms with Crippen molar-refractivity contribution in [3.05, 3.63) is 75.7 Å². The number of carbonyl (C=O) groups is 1. The topological polar surface area (TPSA) is 62.5 Å². The van der Waals surface area contributed by atoms with E-state index in [2.05, 4.69) is 0 Å². The van der Waals surface area contributed by atoms with Gasteiger partial charge in [-0.2, -0.15) is 11.8 Å². The number of nitrogens with zero attached hydrogens (tertiary/aromatic N) is 2. The molecule has 1 aliphatic heterocycles. The van der Waals surface area contributed by atoms with Crippen LogP contribution in [0.2, 0.25) is 0 Å². The number of aromatic carboxylic acids is 1. The molecule has 1 fully saturated rings. The number of rotatable bonds is 5. The van der Waals surface area contributed by atoms with Gasteiger partial charge >= 0.3 is 5.97 Å². The number of anilines is 1. The van der Waals surface area contributed by atoms with Crippen LogP contribution in [-0.4, -0.2) is 40.2 Å². The van der Waals surface area contributed by atoms with Gasteiger partial charge in [-0.15, -0.1) is 0 Å². The van der Waals surface area contributed by atoms with Gasteiger partial charge in [0.2, 0.25) is 5.43 Å². The van der Waals surface area contributed by atoms with Crippen molar-refractivity contribution in [2.24, 2.45) is 0 Å². The summed E-state index contributed by atoms with van der Waals surface area (Å²) in [5.41, 5.74) is 2.00. The maximum atomic E-state index is 15.1. The Morgan fingerprint density at radius 3 is 2.47 bits per heavy atom. The van der Waals surface area contributed by atoms with Gasteiger partial charge in [0.15, 0.2) is 0 Å². The van der Waals surface area contributed by atoms with Crippen LogP contribution in [0.1, 0.15) is 24.2 Å². The zero-order valence-corrected chi connectivity index (χ0v) is 18.9. The minimum Gasteiger partial charge on any atom is -0.477 e. The van der Waals surface area contributed by atoms with Crippen molar-refractivity contribution in [3.8, 4) is 11.3 Å². The van der Waals surface area contributed by atoms with Gasteiger partial charge in [0.25, 0.3) is 0 Å². The highest BCUT2D eigenvalue weighted by molar-refractivity contribution is 7.99. The van der Waals surface area contributed by atoms with Crippen LogP contribution in [0.4, 0.5) is 10.1 Å². The zero-order chi connectivity index (χ0) is 22.8. The standard InChI is InChI=1S/C25H25FN2O3S/c1-16(2)8-9-28-20-15-21(27-10-12-32-13-11-27)19(26)14-18(20)24(29)22(25(30)31)23(28)17-6-4-3-5-7-17/h3-8,14-15H,9-13H2,1-2H3,(H,30,31). The number of carboxylic acid groups (broad SMARTS) is 1. The molecule has 5 nitrogen and oxygen atoms in total. The van der Waals surface area contributed by atoms with Gasteiger partial charge < -0.3 is 14.6 Å². The first-order valence-corrected chi connectivity index (χ1v) is 11.7. The summed E-state index contributed by atoms with van der Waals surface area (Å²) in [5, 5.41) is 10.0. The number of aromatic nitrogens is 1. The molecule has 7 heteroatoms. The molecule has 3 aromatic rings. The van der Waals surface area contributed by atoms with Crippen LogP contribution in [0.5, 0.6) is 0 Å². The fourth-order valence-electron chi connectivity index (χ4n) is 4.06. The van der Waals surface area contributed by atoms with Crippen LogP contribution in [0.3, 0.4) is 0 Å². The zero-order valence-electron chi connectivity index (χ0n) is 18.1. The Kier molecular flexibility index (Phi) is 6.37. The van der Waals surface area contributed by atoms with E-state index in [1.807, 2.05) is 59.4 Å². The van der Waals surface area contributed by atoms with Gasteiger partial charge in [-0.05, 0) is 31.5 Å². The van der Waals surface area contributed by atoms with E-state index in [4.69, 9.17) is 0 Å². The third kappa shape index (κ3) is 4.17. The summed E-state index contributed by atoms with van der Waals surface area (Å²) in [5.74, 6) is 0.00293. The van der Waals surface area contributed by atoms with Crippen molar-refractivity contribution in [3.63, 3.8) is 0 Å². The highest BCUT2D eigenvalue weighted by Gasteiger charge is 2.25. The second-order valence-electron chi connectivity index (χ2n) is 8.04. The number of hydrogen-bond acceptors (Lipinski definition) is 4. The molecule has 0 saturated carbocycles. The first-order valence-electron chi connectivity index (χ1n) is 10.5. The third-order valence-electron chi connectivity index (χ3n) is 5.63. The van der Waals surface area contributed by atoms with Crippen LogP contribution in [-0.2, 0) is 6.54 Å². The molecule has 1 N–H and O–H groups in total. The summed E-state index contributed by atoms with van der Waals surface area (Å²) >= 11 is 1.83. The lowest BCUT2D eigenvalue weighted by Crippen LogP contribution is -2.33. The molecule has 2 aromatic carbocycles. The van der Waals surface area contributed by atoms with E-state index in [1.165, 1.54) is 6.07 Å². The predicted octanol–water partition coefficient (Wildman–Crippen LogP) is 5.03. The van der Waals surface area contributed by atoms with Crippen molar-refractivity contribution in [2.45, 2.75) is 20.4 Å². The highest BCUT2D eigenvalue weighted by Crippen LogP contribution is 2.32. The van der Waals surface area contributed by atoms with E-state index >= 15 is 4.39 Å². The van der Waals surface area contributed by atoms with E-state index in [0.29, 0.717) is 29.0 Å². The Hall–Kier alpha value is -3.06. The fraction of sp³-hybridized carbons (Fsp3) is 0.280. The van der Waals surface area contributed by atoms with E-state index in [0.717, 1.165) is 30.2 Å². The fourth-order valence-corrected chi connectivity index (χ4v) is 4.96. The molecular formula is C25H25FN2O3S. The SMILES string of the molecule is CC(C)=CCn1c(-c2ccccc2)c(C(=O)O)c(=O)c2cc(F)c(N3CCSCC3)cc21. The van der Waals surface area contributed by atoms with E-state index in [-0.39, 0.29) is 10.9 Å². The number of pyridine rings is 1. The average molecular weight is 453 g/mol. The van der Waals surface area contributed by atoms with Crippen LogP contribution in [0.15, 0.2) is 58.9 Å². The second-order valence-corrected chi connectivity index (χ2v) is 9.26. The molecule has 0 atom stereocenters. The molecule has 0 bridgehead atoms. The molecule has 2 heterocycles. The normalized spacial score (nSPS) is 13.9. The van der Waals surface area contributed by atoms with Crippen LogP contribution in [0.25, 0.3) is 22.2 Å². The molecule has 4 rings (SSSR count). The third-order valence-corrected chi connectivity index (χ3v) is 6.57. The van der Waals surface area contributed by atoms with Gasteiger partial charge in [0.05, 0.1) is 16.9 Å². The van der Waals surface area contributed by atoms with Crippen LogP contribution in [0, 0.1) is 5.82 Å². The predicted molar refractivity (Wildman–Crippen MR) is 130 cm³/mol. The quantitative estimate of drug-likeness (QED) is 0.551. The van der Waals surface area contributed by atoms with Crippen molar-refractivity contribution in [1.29, 1.82) is 0 Å². The van der Waals surface area contributed by atoms with Gasteiger partial charge in [-0.1, -0.05) is 42.0 Å². The Labute approximate surface area is 190 Å². The van der Waals surface area contributed by atoms with Gasteiger partial charge in [-0.3, -0.25) is 4.79 Å². The molecule has 166 valence electrons. The van der Waals surface area contributed by atoms with Crippen molar-refractivity contribution in [1.82, 2.24) is 4.57 Å². The summed E-state index contributed by atoms with van der Waals surface area (Å²) in [7, 11) is 0. The molecule has 1 aromatic heterocycles. The van der Waals surface area contributed by atoms with Gasteiger partial charge in [0, 0.05) is 36.5 Å². The molecule has 0 amide bonds. The van der Waals surface area contributed by atoms with Gasteiger partial charge in [0.1, 0.15) is 11.4 Å². The maximum Gasteiger partial charge on any atom is 0.341 e. The Balaban J connectivity index is 2.11. The maximum absolute atomic E-state index is 15.1. The number of thioether (sulfide) groups is 1. The minimum absolute atomic E-state index is 0.0804. The number of benzene rings is 2. The smallest absolute Gasteiger partial charge is 0.341 e. The number of allylic oxidation sites excluding steroid dienone is 2. The summed E-state index contributed by atoms with van der Waals surface area (Å²) in [6.07, 6.45) is 1.97. The first-order chi connectivity index (χ1) is 15.4. The lowest BCUT2D eigenvalue weighted by molar-refractivity contribution is 0.0696. The van der Waals surface area contributed by atoms with Crippen LogP contribution >= 0.6 is 11.8 Å². The minimum atomic E-state index is -1.32. The lowest BCUT2D eigenvalue weighted by atomic mass is 10.0. The molecule has 32 heavy (non-hydrogen) atoms. The largest absolute Gasteiger partial charge is 0.477 e. The first kappa shape index (κ1) is 22.1. The van der Waals surface area contributed by atoms with Crippen LogP contribution < -0.4 is 10.3 Å². The molecule has 0 aliphatic carbocycles. The summed E-state index contributed by atoms with van der Waals surface area (Å²) in [6, 6.07) is 11.9. The van der Waals surface area contributed by atoms with Crippen molar-refractivity contribution >= 4 is 34.3 Å². The monoisotopic (exact) mass is 452 g/mol. The Morgan fingerprint density at radius 2 is 1.84 bits per heavy atom. The lowest BCUT2D eigenvalue weighted by Gasteiger charge is -2.29. The second kappa shape index (κ2) is 9.20. The number of halogens is 1. The molecule has 0 radical (unpaired) electrons. The summed E-state index contributed by atoms with van der Waals surface area (Å²) < 4.78 is 17.0. The molecule has 0 unspecified atom stereocenters. The van der Waals surface area contributed by atoms with Crippen molar-refractivity contribution in [2.75, 3.05) is 29.5 Å². The highest BCUT2D eigenvalue weighted by atomic mass is 32.2. The van der Waals surface area contributed by atoms with E-state index in [9.17, 15) is 14.7 Å². The molecule has 1 aliphatic rings. The van der Waals surface area contributed by atoms with Gasteiger partial charge in [-0.25, -0.2) is 9.18 Å². The summed E-state index contributed by atoms with van der Waals surface area (Å²) in [6.45, 7) is 5.74. The molecular weight excluding hydrogens is 427 g/mol. The average Bonchev–Trinajstić information content (AvgIpc) is 2.79. The summed E-state index contributed by atoms with van der Waals surface area (Å²) in [4.78, 5) is 27.5. The Morgan fingerprint density at radius 1 is 1.16 bits per heavy atom. The van der Waals surface area contributed by atoms with E-state index in [1.54, 1.807) is 18.2 Å².